The van der Waals surface area contributed by atoms with Gasteiger partial charge < -0.3 is 5.32 Å². The summed E-state index contributed by atoms with van der Waals surface area (Å²) < 4.78 is 26.8. The van der Waals surface area contributed by atoms with Gasteiger partial charge in [0.25, 0.3) is 0 Å². The molecule has 1 saturated carbocycles. The van der Waals surface area contributed by atoms with Gasteiger partial charge in [-0.25, -0.2) is 8.42 Å². The molecule has 1 aromatic carbocycles. The van der Waals surface area contributed by atoms with Crippen LogP contribution in [0.3, 0.4) is 0 Å². The van der Waals surface area contributed by atoms with E-state index in [1.165, 1.54) is 0 Å². The van der Waals surface area contributed by atoms with Gasteiger partial charge in [-0.3, -0.25) is 0 Å². The maximum Gasteiger partial charge on any atom is 0.182 e. The zero-order valence-corrected chi connectivity index (χ0v) is 15.1. The van der Waals surface area contributed by atoms with Crippen molar-refractivity contribution >= 4 is 25.8 Å². The Morgan fingerprint density at radius 1 is 1.33 bits per heavy atom. The van der Waals surface area contributed by atoms with Crippen molar-refractivity contribution in [3.8, 4) is 0 Å². The van der Waals surface area contributed by atoms with E-state index in [-0.39, 0.29) is 11.3 Å². The Balaban J connectivity index is 2.29. The van der Waals surface area contributed by atoms with Crippen molar-refractivity contribution in [3.63, 3.8) is 0 Å². The molecule has 1 aliphatic rings. The highest BCUT2D eigenvalue weighted by atomic mass is 79.9. The molecular formula is C16H24BrNO2S. The lowest BCUT2D eigenvalue weighted by molar-refractivity contribution is 0.308. The van der Waals surface area contributed by atoms with Crippen molar-refractivity contribution in [2.45, 2.75) is 55.7 Å². The van der Waals surface area contributed by atoms with Crippen molar-refractivity contribution in [2.75, 3.05) is 6.54 Å². The number of rotatable bonds is 5. The molecule has 1 aromatic rings. The first-order chi connectivity index (χ1) is 9.95. The lowest BCUT2D eigenvalue weighted by Crippen LogP contribution is -2.48. The first-order valence-corrected chi connectivity index (χ1v) is 10.0. The number of nitrogens with one attached hydrogen (secondary N) is 1. The van der Waals surface area contributed by atoms with Crippen LogP contribution in [-0.2, 0) is 9.84 Å². The summed E-state index contributed by atoms with van der Waals surface area (Å²) in [5.74, 6) is 0.469. The van der Waals surface area contributed by atoms with Gasteiger partial charge >= 0.3 is 0 Å². The third-order valence-corrected chi connectivity index (χ3v) is 6.96. The van der Waals surface area contributed by atoms with E-state index in [4.69, 9.17) is 0 Å². The maximum absolute atomic E-state index is 13.0. The van der Waals surface area contributed by atoms with Gasteiger partial charge in [0, 0.05) is 10.5 Å². The summed E-state index contributed by atoms with van der Waals surface area (Å²) >= 11 is 3.37. The predicted molar refractivity (Wildman–Crippen MR) is 90.2 cm³/mol. The fourth-order valence-corrected chi connectivity index (χ4v) is 5.76. The molecule has 3 unspecified atom stereocenters. The van der Waals surface area contributed by atoms with E-state index in [1.807, 2.05) is 6.07 Å². The molecule has 1 aliphatic carbocycles. The van der Waals surface area contributed by atoms with Gasteiger partial charge in [0.1, 0.15) is 0 Å². The molecule has 21 heavy (non-hydrogen) atoms. The first-order valence-electron chi connectivity index (χ1n) is 7.68. The Morgan fingerprint density at radius 3 is 2.76 bits per heavy atom. The van der Waals surface area contributed by atoms with Crippen molar-refractivity contribution in [1.82, 2.24) is 5.32 Å². The minimum atomic E-state index is -3.29. The van der Waals surface area contributed by atoms with Crippen LogP contribution in [0, 0.1) is 5.92 Å². The zero-order valence-electron chi connectivity index (χ0n) is 12.7. The minimum absolute atomic E-state index is 0.0742. The summed E-state index contributed by atoms with van der Waals surface area (Å²) in [4.78, 5) is 0.430. The minimum Gasteiger partial charge on any atom is -0.313 e. The van der Waals surface area contributed by atoms with Gasteiger partial charge in [-0.2, -0.15) is 0 Å². The Morgan fingerprint density at radius 2 is 2.10 bits per heavy atom. The Labute approximate surface area is 136 Å². The van der Waals surface area contributed by atoms with Crippen LogP contribution in [-0.4, -0.2) is 26.3 Å². The highest BCUT2D eigenvalue weighted by Gasteiger charge is 2.38. The topological polar surface area (TPSA) is 46.2 Å². The van der Waals surface area contributed by atoms with Crippen molar-refractivity contribution in [2.24, 2.45) is 5.92 Å². The number of halogens is 1. The number of hydrogen-bond donors (Lipinski definition) is 1. The van der Waals surface area contributed by atoms with E-state index in [0.717, 1.165) is 36.7 Å². The van der Waals surface area contributed by atoms with E-state index in [0.29, 0.717) is 10.8 Å². The van der Waals surface area contributed by atoms with Crippen LogP contribution in [0.15, 0.2) is 33.6 Å². The summed E-state index contributed by atoms with van der Waals surface area (Å²) in [7, 11) is -3.29. The van der Waals surface area contributed by atoms with Crippen molar-refractivity contribution in [3.05, 3.63) is 28.7 Å². The van der Waals surface area contributed by atoms with E-state index < -0.39 is 9.84 Å². The molecule has 2 rings (SSSR count). The number of sulfone groups is 1. The molecular weight excluding hydrogens is 350 g/mol. The number of benzene rings is 1. The average Bonchev–Trinajstić information content (AvgIpc) is 2.46. The molecule has 0 heterocycles. The molecule has 0 amide bonds. The predicted octanol–water partition coefficient (Wildman–Crippen LogP) is 3.78. The smallest absolute Gasteiger partial charge is 0.182 e. The van der Waals surface area contributed by atoms with Crippen LogP contribution in [0.5, 0.6) is 0 Å². The van der Waals surface area contributed by atoms with Crippen molar-refractivity contribution in [1.29, 1.82) is 0 Å². The van der Waals surface area contributed by atoms with Crippen LogP contribution < -0.4 is 5.32 Å². The molecule has 0 bridgehead atoms. The van der Waals surface area contributed by atoms with E-state index >= 15 is 0 Å². The Bertz CT molecular complexity index is 571. The second kappa shape index (κ2) is 7.25. The molecule has 3 atom stereocenters. The zero-order chi connectivity index (χ0) is 15.5. The lowest BCUT2D eigenvalue weighted by Gasteiger charge is -2.35. The maximum atomic E-state index is 13.0. The molecule has 0 aliphatic heterocycles. The molecule has 1 fully saturated rings. The van der Waals surface area contributed by atoms with Gasteiger partial charge in [0.05, 0.1) is 10.1 Å². The standard InChI is InChI=1S/C16H24BrNO2S/c1-3-9-18-15-8-7-12(2)10-16(15)21(19,20)14-6-4-5-13(17)11-14/h4-6,11-12,15-16,18H,3,7-10H2,1-2H3. The molecule has 0 saturated heterocycles. The highest BCUT2D eigenvalue weighted by molar-refractivity contribution is 9.10. The van der Waals surface area contributed by atoms with Crippen LogP contribution in [0.2, 0.25) is 0 Å². The van der Waals surface area contributed by atoms with Gasteiger partial charge in [-0.1, -0.05) is 35.8 Å². The van der Waals surface area contributed by atoms with Crippen LogP contribution in [0.4, 0.5) is 0 Å². The molecule has 0 radical (unpaired) electrons. The average molecular weight is 374 g/mol. The Kier molecular flexibility index (Phi) is 5.86. The quantitative estimate of drug-likeness (QED) is 0.853. The molecule has 5 heteroatoms. The van der Waals surface area contributed by atoms with E-state index in [2.05, 4.69) is 35.1 Å². The monoisotopic (exact) mass is 373 g/mol. The fourth-order valence-electron chi connectivity index (χ4n) is 3.05. The summed E-state index contributed by atoms with van der Waals surface area (Å²) in [6.07, 6.45) is 3.82. The largest absolute Gasteiger partial charge is 0.313 e. The Hall–Kier alpha value is -0.390. The van der Waals surface area contributed by atoms with E-state index in [9.17, 15) is 8.42 Å². The van der Waals surface area contributed by atoms with E-state index in [1.54, 1.807) is 18.2 Å². The summed E-state index contributed by atoms with van der Waals surface area (Å²) in [5, 5.41) is 3.12. The molecule has 0 aromatic heterocycles. The third kappa shape index (κ3) is 4.08. The molecule has 0 spiro atoms. The fraction of sp³-hybridized carbons (Fsp3) is 0.625. The van der Waals surface area contributed by atoms with Gasteiger partial charge in [0.2, 0.25) is 0 Å². The summed E-state index contributed by atoms with van der Waals surface area (Å²) in [5.41, 5.74) is 0. The second-order valence-corrected chi connectivity index (χ2v) is 9.10. The third-order valence-electron chi connectivity index (χ3n) is 4.23. The van der Waals surface area contributed by atoms with Crippen LogP contribution in [0.1, 0.15) is 39.5 Å². The van der Waals surface area contributed by atoms with Crippen LogP contribution >= 0.6 is 15.9 Å². The van der Waals surface area contributed by atoms with Gasteiger partial charge in [0.15, 0.2) is 9.84 Å². The summed E-state index contributed by atoms with van der Waals surface area (Å²) in [6.45, 7) is 5.14. The highest BCUT2D eigenvalue weighted by Crippen LogP contribution is 2.33. The van der Waals surface area contributed by atoms with Crippen LogP contribution in [0.25, 0.3) is 0 Å². The van der Waals surface area contributed by atoms with Gasteiger partial charge in [-0.05, 0) is 56.3 Å². The molecule has 1 N–H and O–H groups in total. The SMILES string of the molecule is CCCNC1CCC(C)CC1S(=O)(=O)c1cccc(Br)c1. The number of hydrogen-bond acceptors (Lipinski definition) is 3. The molecule has 118 valence electrons. The van der Waals surface area contributed by atoms with Crippen molar-refractivity contribution < 1.29 is 8.42 Å². The second-order valence-electron chi connectivity index (χ2n) is 6.02. The summed E-state index contributed by atoms with van der Waals surface area (Å²) in [6, 6.07) is 7.14. The van der Waals surface area contributed by atoms with Gasteiger partial charge in [-0.15, -0.1) is 0 Å². The normalized spacial score (nSPS) is 26.7. The first kappa shape index (κ1) is 17.0. The molecule has 3 nitrogen and oxygen atoms in total. The lowest BCUT2D eigenvalue weighted by atomic mass is 9.87.